The zero-order valence-electron chi connectivity index (χ0n) is 17.4. The van der Waals surface area contributed by atoms with E-state index in [1.54, 1.807) is 0 Å². The Morgan fingerprint density at radius 3 is 2.46 bits per heavy atom. The fourth-order valence-electron chi connectivity index (χ4n) is 6.13. The van der Waals surface area contributed by atoms with E-state index in [0.717, 1.165) is 52.0 Å². The van der Waals surface area contributed by atoms with Crippen LogP contribution >= 0.6 is 0 Å². The van der Waals surface area contributed by atoms with Crippen LogP contribution in [0.3, 0.4) is 0 Å². The molecular formula is C21H35N3O4. The van der Waals surface area contributed by atoms with E-state index in [1.807, 2.05) is 16.7 Å². The zero-order chi connectivity index (χ0) is 19.7. The van der Waals surface area contributed by atoms with Crippen LogP contribution in [-0.4, -0.2) is 85.4 Å². The Bertz CT molecular complexity index is 584. The average molecular weight is 394 g/mol. The SMILES string of the molecule is CCOC(=O)N1CCC2(CC(N3CCC(C4CCCN4C(=O)OC)CC3)C2)C1. The Morgan fingerprint density at radius 2 is 1.79 bits per heavy atom. The molecule has 4 fully saturated rings. The molecule has 7 heteroatoms. The van der Waals surface area contributed by atoms with Gasteiger partial charge in [0.15, 0.2) is 0 Å². The van der Waals surface area contributed by atoms with Gasteiger partial charge in [0.1, 0.15) is 0 Å². The molecule has 4 rings (SSSR count). The minimum Gasteiger partial charge on any atom is -0.453 e. The molecule has 1 aliphatic carbocycles. The molecule has 0 aromatic carbocycles. The molecule has 158 valence electrons. The van der Waals surface area contributed by atoms with Crippen LogP contribution in [0.15, 0.2) is 0 Å². The summed E-state index contributed by atoms with van der Waals surface area (Å²) in [4.78, 5) is 30.5. The minimum atomic E-state index is -0.154. The smallest absolute Gasteiger partial charge is 0.409 e. The van der Waals surface area contributed by atoms with Gasteiger partial charge in [-0.05, 0) is 76.3 Å². The topological polar surface area (TPSA) is 62.3 Å². The van der Waals surface area contributed by atoms with Crippen molar-refractivity contribution in [3.8, 4) is 0 Å². The predicted molar refractivity (Wildman–Crippen MR) is 105 cm³/mol. The predicted octanol–water partition coefficient (Wildman–Crippen LogP) is 2.94. The van der Waals surface area contributed by atoms with Crippen molar-refractivity contribution in [3.05, 3.63) is 0 Å². The lowest BCUT2D eigenvalue weighted by Gasteiger charge is -2.52. The van der Waals surface area contributed by atoms with Crippen molar-refractivity contribution in [1.82, 2.24) is 14.7 Å². The Morgan fingerprint density at radius 1 is 1.04 bits per heavy atom. The quantitative estimate of drug-likeness (QED) is 0.738. The fraction of sp³-hybridized carbons (Fsp3) is 0.905. The number of carbonyl (C=O) groups is 2. The molecule has 0 N–H and O–H groups in total. The monoisotopic (exact) mass is 393 g/mol. The molecular weight excluding hydrogens is 358 g/mol. The Labute approximate surface area is 168 Å². The third-order valence-electron chi connectivity index (χ3n) is 7.64. The van der Waals surface area contributed by atoms with Crippen molar-refractivity contribution in [1.29, 1.82) is 0 Å². The van der Waals surface area contributed by atoms with Crippen molar-refractivity contribution in [2.45, 2.75) is 64.0 Å². The minimum absolute atomic E-state index is 0.143. The maximum absolute atomic E-state index is 12.0. The summed E-state index contributed by atoms with van der Waals surface area (Å²) in [5.41, 5.74) is 0.335. The molecule has 0 bridgehead atoms. The molecule has 28 heavy (non-hydrogen) atoms. The van der Waals surface area contributed by atoms with Gasteiger partial charge >= 0.3 is 12.2 Å². The third kappa shape index (κ3) is 3.70. The first-order valence-corrected chi connectivity index (χ1v) is 11.1. The number of hydrogen-bond acceptors (Lipinski definition) is 5. The molecule has 3 heterocycles. The second-order valence-corrected chi connectivity index (χ2v) is 9.18. The molecule has 4 aliphatic rings. The second kappa shape index (κ2) is 8.09. The van der Waals surface area contributed by atoms with Crippen molar-refractivity contribution >= 4 is 12.2 Å². The fourth-order valence-corrected chi connectivity index (χ4v) is 6.13. The normalized spacial score (nSPS) is 33.9. The van der Waals surface area contributed by atoms with Crippen LogP contribution in [0, 0.1) is 11.3 Å². The lowest BCUT2D eigenvalue weighted by molar-refractivity contribution is -0.0155. The molecule has 1 spiro atoms. The maximum atomic E-state index is 12.0. The largest absolute Gasteiger partial charge is 0.453 e. The number of nitrogens with zero attached hydrogens (tertiary/aromatic N) is 3. The first-order valence-electron chi connectivity index (χ1n) is 11.1. The number of piperidine rings is 1. The van der Waals surface area contributed by atoms with Crippen LogP contribution in [0.1, 0.15) is 51.9 Å². The van der Waals surface area contributed by atoms with Crippen molar-refractivity contribution in [3.63, 3.8) is 0 Å². The van der Waals surface area contributed by atoms with Crippen molar-refractivity contribution in [2.75, 3.05) is 46.4 Å². The van der Waals surface area contributed by atoms with Gasteiger partial charge in [0.2, 0.25) is 0 Å². The van der Waals surface area contributed by atoms with Crippen LogP contribution in [0.5, 0.6) is 0 Å². The summed E-state index contributed by atoms with van der Waals surface area (Å²) in [6, 6.07) is 1.04. The summed E-state index contributed by atoms with van der Waals surface area (Å²) >= 11 is 0. The van der Waals surface area contributed by atoms with E-state index in [0.29, 0.717) is 30.0 Å². The number of methoxy groups -OCH3 is 1. The number of ether oxygens (including phenoxy) is 2. The Hall–Kier alpha value is -1.50. The van der Waals surface area contributed by atoms with Gasteiger partial charge in [0, 0.05) is 31.7 Å². The molecule has 3 saturated heterocycles. The number of carbonyl (C=O) groups excluding carboxylic acids is 2. The summed E-state index contributed by atoms with van der Waals surface area (Å²) in [6.45, 7) is 7.15. The lowest BCUT2D eigenvalue weighted by Crippen LogP contribution is -2.55. The van der Waals surface area contributed by atoms with E-state index in [2.05, 4.69) is 4.90 Å². The molecule has 0 radical (unpaired) electrons. The van der Waals surface area contributed by atoms with Crippen molar-refractivity contribution < 1.29 is 19.1 Å². The highest BCUT2D eigenvalue weighted by molar-refractivity contribution is 5.68. The molecule has 3 aliphatic heterocycles. The van der Waals surface area contributed by atoms with Crippen LogP contribution in [0.4, 0.5) is 9.59 Å². The van der Waals surface area contributed by atoms with E-state index >= 15 is 0 Å². The van der Waals surface area contributed by atoms with Crippen LogP contribution in [0.2, 0.25) is 0 Å². The molecule has 1 saturated carbocycles. The van der Waals surface area contributed by atoms with E-state index in [9.17, 15) is 9.59 Å². The van der Waals surface area contributed by atoms with Crippen LogP contribution in [-0.2, 0) is 9.47 Å². The molecule has 2 amide bonds. The lowest BCUT2D eigenvalue weighted by atomic mass is 9.64. The van der Waals surface area contributed by atoms with Crippen LogP contribution < -0.4 is 0 Å². The van der Waals surface area contributed by atoms with Gasteiger partial charge in [-0.25, -0.2) is 9.59 Å². The number of rotatable bonds is 3. The zero-order valence-corrected chi connectivity index (χ0v) is 17.4. The summed E-state index contributed by atoms with van der Waals surface area (Å²) in [5.74, 6) is 0.609. The summed E-state index contributed by atoms with van der Waals surface area (Å²) in [5, 5.41) is 0. The molecule has 1 atom stereocenters. The van der Waals surface area contributed by atoms with E-state index < -0.39 is 0 Å². The van der Waals surface area contributed by atoms with E-state index in [4.69, 9.17) is 9.47 Å². The van der Waals surface area contributed by atoms with E-state index in [-0.39, 0.29) is 12.2 Å². The highest BCUT2D eigenvalue weighted by Crippen LogP contribution is 2.51. The number of hydrogen-bond donors (Lipinski definition) is 0. The molecule has 7 nitrogen and oxygen atoms in total. The third-order valence-corrected chi connectivity index (χ3v) is 7.64. The standard InChI is InChI=1S/C21H35N3O4/c1-3-28-19(25)23-12-8-21(15-23)13-17(14-21)22-10-6-16(7-11-22)18-5-4-9-24(18)20(26)27-2/h16-18H,3-15H2,1-2H3. The van der Waals surface area contributed by atoms with Gasteiger partial charge in [-0.3, -0.25) is 0 Å². The number of likely N-dealkylation sites (tertiary alicyclic amines) is 3. The van der Waals surface area contributed by atoms with Gasteiger partial charge in [-0.1, -0.05) is 0 Å². The summed E-state index contributed by atoms with van der Waals surface area (Å²) in [7, 11) is 1.48. The van der Waals surface area contributed by atoms with Crippen molar-refractivity contribution in [2.24, 2.45) is 11.3 Å². The molecule has 0 aromatic heterocycles. The van der Waals surface area contributed by atoms with Gasteiger partial charge in [-0.2, -0.15) is 0 Å². The first kappa shape index (κ1) is 19.8. The molecule has 0 aromatic rings. The molecule has 1 unspecified atom stereocenters. The van der Waals surface area contributed by atoms with E-state index in [1.165, 1.54) is 32.8 Å². The van der Waals surface area contributed by atoms with Gasteiger partial charge in [0.05, 0.1) is 13.7 Å². The van der Waals surface area contributed by atoms with Gasteiger partial charge in [-0.15, -0.1) is 0 Å². The van der Waals surface area contributed by atoms with Gasteiger partial charge < -0.3 is 24.2 Å². The summed E-state index contributed by atoms with van der Waals surface area (Å²) < 4.78 is 10.1. The summed E-state index contributed by atoms with van der Waals surface area (Å²) in [6.07, 6.45) is 7.82. The highest BCUT2D eigenvalue weighted by atomic mass is 16.6. The maximum Gasteiger partial charge on any atom is 0.409 e. The second-order valence-electron chi connectivity index (χ2n) is 9.18. The first-order chi connectivity index (χ1) is 13.5. The van der Waals surface area contributed by atoms with Crippen LogP contribution in [0.25, 0.3) is 0 Å². The Kier molecular flexibility index (Phi) is 5.72. The van der Waals surface area contributed by atoms with Gasteiger partial charge in [0.25, 0.3) is 0 Å². The Balaban J connectivity index is 1.23. The number of amides is 2. The average Bonchev–Trinajstić information content (AvgIpc) is 3.34. The highest BCUT2D eigenvalue weighted by Gasteiger charge is 2.51.